The molecule has 0 saturated carbocycles. The Morgan fingerprint density at radius 3 is 2.74 bits per heavy atom. The molecule has 0 spiro atoms. The van der Waals surface area contributed by atoms with Crippen LogP contribution in [0.1, 0.15) is 5.56 Å². The Kier molecular flexibility index (Phi) is 3.16. The minimum absolute atomic E-state index is 0.0950. The van der Waals surface area contributed by atoms with Crippen LogP contribution in [0.2, 0.25) is 0 Å². The maximum Gasteiger partial charge on any atom is 0.200 e. The lowest BCUT2D eigenvalue weighted by molar-refractivity contribution is 0.268. The number of benzene rings is 1. The lowest BCUT2D eigenvalue weighted by atomic mass is 10.1. The number of rotatable bonds is 2. The summed E-state index contributed by atoms with van der Waals surface area (Å²) in [5, 5.41) is 4.53. The van der Waals surface area contributed by atoms with Gasteiger partial charge in [0.15, 0.2) is 0 Å². The Labute approximate surface area is 111 Å². The third-order valence-corrected chi connectivity index (χ3v) is 5.04. The van der Waals surface area contributed by atoms with E-state index in [1.54, 1.807) is 6.07 Å². The largest absolute Gasteiger partial charge is 0.314 e. The van der Waals surface area contributed by atoms with Crippen LogP contribution in [0.3, 0.4) is 0 Å². The number of hydrogen-bond donors (Lipinski definition) is 1. The zero-order valence-electron chi connectivity index (χ0n) is 10.4. The highest BCUT2D eigenvalue weighted by molar-refractivity contribution is 7.95. The van der Waals surface area contributed by atoms with Gasteiger partial charge in [0.05, 0.1) is 4.90 Å². The fraction of sp³-hybridized carbons (Fsp3) is 0.385. The van der Waals surface area contributed by atoms with Crippen molar-refractivity contribution in [1.82, 2.24) is 10.2 Å². The summed E-state index contributed by atoms with van der Waals surface area (Å²) in [5.41, 5.74) is 1.40. The highest BCUT2D eigenvalue weighted by Gasteiger charge is 2.28. The molecule has 2 heterocycles. The average Bonchev–Trinajstić information content (AvgIpc) is 2.62. The zero-order valence-corrected chi connectivity index (χ0v) is 11.2. The van der Waals surface area contributed by atoms with Crippen LogP contribution in [0.5, 0.6) is 0 Å². The van der Waals surface area contributed by atoms with Crippen molar-refractivity contribution >= 4 is 15.4 Å². The molecule has 2 aliphatic heterocycles. The summed E-state index contributed by atoms with van der Waals surface area (Å²) in [7, 11) is -3.47. The molecular weight excluding hydrogens is 267 g/mol. The highest BCUT2D eigenvalue weighted by atomic mass is 32.2. The van der Waals surface area contributed by atoms with Crippen molar-refractivity contribution in [2.45, 2.75) is 4.90 Å². The molecular formula is C13H15FN2O2S. The van der Waals surface area contributed by atoms with E-state index in [9.17, 15) is 12.8 Å². The molecule has 0 aromatic heterocycles. The van der Waals surface area contributed by atoms with Crippen LogP contribution in [0.4, 0.5) is 4.39 Å². The van der Waals surface area contributed by atoms with Gasteiger partial charge in [-0.25, -0.2) is 12.8 Å². The lowest BCUT2D eigenvalue weighted by Crippen LogP contribution is -2.43. The third kappa shape index (κ3) is 2.43. The SMILES string of the molecule is O=S1(=O)C=C(CN2CCNCC2)c2ccc(F)cc21. The van der Waals surface area contributed by atoms with Gasteiger partial charge in [-0.3, -0.25) is 4.90 Å². The number of sulfone groups is 1. The number of piperazine rings is 1. The second-order valence-corrected chi connectivity index (χ2v) is 6.62. The van der Waals surface area contributed by atoms with Crippen molar-refractivity contribution in [3.8, 4) is 0 Å². The monoisotopic (exact) mass is 282 g/mol. The molecule has 0 radical (unpaired) electrons. The first-order chi connectivity index (χ1) is 9.06. The summed E-state index contributed by atoms with van der Waals surface area (Å²) in [6, 6.07) is 3.97. The quantitative estimate of drug-likeness (QED) is 0.874. The van der Waals surface area contributed by atoms with Crippen molar-refractivity contribution in [3.05, 3.63) is 35.0 Å². The second kappa shape index (κ2) is 4.70. The average molecular weight is 282 g/mol. The molecule has 0 bridgehead atoms. The molecule has 0 amide bonds. The first-order valence-corrected chi connectivity index (χ1v) is 7.79. The van der Waals surface area contributed by atoms with Gasteiger partial charge < -0.3 is 5.32 Å². The van der Waals surface area contributed by atoms with E-state index in [4.69, 9.17) is 0 Å². The number of fused-ring (bicyclic) bond motifs is 1. The van der Waals surface area contributed by atoms with Crippen molar-refractivity contribution in [2.24, 2.45) is 0 Å². The zero-order chi connectivity index (χ0) is 13.5. The first-order valence-electron chi connectivity index (χ1n) is 6.25. The van der Waals surface area contributed by atoms with E-state index in [1.807, 2.05) is 0 Å². The van der Waals surface area contributed by atoms with Gasteiger partial charge in [0, 0.05) is 38.1 Å². The smallest absolute Gasteiger partial charge is 0.200 e. The van der Waals surface area contributed by atoms with E-state index in [0.29, 0.717) is 12.1 Å². The molecule has 1 saturated heterocycles. The molecule has 1 aromatic carbocycles. The van der Waals surface area contributed by atoms with Crippen LogP contribution in [0.25, 0.3) is 5.57 Å². The van der Waals surface area contributed by atoms with Gasteiger partial charge in [-0.2, -0.15) is 0 Å². The summed E-state index contributed by atoms with van der Waals surface area (Å²) in [6.45, 7) is 4.22. The minimum atomic E-state index is -3.47. The van der Waals surface area contributed by atoms with Gasteiger partial charge in [-0.1, -0.05) is 6.07 Å². The normalized spacial score (nSPS) is 22.1. The number of nitrogens with zero attached hydrogens (tertiary/aromatic N) is 1. The van der Waals surface area contributed by atoms with E-state index >= 15 is 0 Å². The van der Waals surface area contributed by atoms with Gasteiger partial charge in [0.2, 0.25) is 9.84 Å². The van der Waals surface area contributed by atoms with Crippen molar-refractivity contribution in [1.29, 1.82) is 0 Å². The Bertz CT molecular complexity index is 634. The second-order valence-electron chi connectivity index (χ2n) is 4.85. The molecule has 1 aromatic rings. The Balaban J connectivity index is 1.92. The molecule has 1 N–H and O–H groups in total. The van der Waals surface area contributed by atoms with E-state index in [-0.39, 0.29) is 4.90 Å². The Morgan fingerprint density at radius 2 is 2.00 bits per heavy atom. The van der Waals surface area contributed by atoms with E-state index in [2.05, 4.69) is 10.2 Å². The van der Waals surface area contributed by atoms with Gasteiger partial charge in [-0.15, -0.1) is 0 Å². The summed E-state index contributed by atoms with van der Waals surface area (Å²) in [6.07, 6.45) is 0. The van der Waals surface area contributed by atoms with Gasteiger partial charge in [0.25, 0.3) is 0 Å². The summed E-state index contributed by atoms with van der Waals surface area (Å²) in [4.78, 5) is 2.30. The molecule has 3 rings (SSSR count). The number of hydrogen-bond acceptors (Lipinski definition) is 4. The predicted molar refractivity (Wildman–Crippen MR) is 70.9 cm³/mol. The molecule has 2 aliphatic rings. The maximum absolute atomic E-state index is 13.2. The molecule has 0 atom stereocenters. The van der Waals surface area contributed by atoms with Crippen molar-refractivity contribution in [2.75, 3.05) is 32.7 Å². The summed E-state index contributed by atoms with van der Waals surface area (Å²) < 4.78 is 37.2. The van der Waals surface area contributed by atoms with Gasteiger partial charge in [-0.05, 0) is 23.3 Å². The van der Waals surface area contributed by atoms with E-state index in [1.165, 1.54) is 11.5 Å². The number of nitrogens with one attached hydrogen (secondary N) is 1. The molecule has 102 valence electrons. The standard InChI is InChI=1S/C13H15FN2O2S/c14-11-1-2-12-10(8-16-5-3-15-4-6-16)9-19(17,18)13(12)7-11/h1-2,7,9,15H,3-6,8H2. The van der Waals surface area contributed by atoms with Gasteiger partial charge >= 0.3 is 0 Å². The molecule has 6 heteroatoms. The third-order valence-electron chi connectivity index (χ3n) is 3.50. The summed E-state index contributed by atoms with van der Waals surface area (Å²) in [5.74, 6) is -0.515. The van der Waals surface area contributed by atoms with Crippen LogP contribution in [-0.4, -0.2) is 46.0 Å². The molecule has 0 unspecified atom stereocenters. The Hall–Kier alpha value is -1.24. The first kappa shape index (κ1) is 12.8. The summed E-state index contributed by atoms with van der Waals surface area (Å²) >= 11 is 0. The minimum Gasteiger partial charge on any atom is -0.314 e. The molecule has 4 nitrogen and oxygen atoms in total. The van der Waals surface area contributed by atoms with Crippen LogP contribution in [0.15, 0.2) is 28.5 Å². The van der Waals surface area contributed by atoms with E-state index in [0.717, 1.165) is 37.8 Å². The van der Waals surface area contributed by atoms with E-state index < -0.39 is 15.7 Å². The number of halogens is 1. The molecule has 19 heavy (non-hydrogen) atoms. The molecule has 0 aliphatic carbocycles. The van der Waals surface area contributed by atoms with Crippen molar-refractivity contribution < 1.29 is 12.8 Å². The fourth-order valence-electron chi connectivity index (χ4n) is 2.54. The van der Waals surface area contributed by atoms with Crippen LogP contribution < -0.4 is 5.32 Å². The predicted octanol–water partition coefficient (Wildman–Crippen LogP) is 0.859. The van der Waals surface area contributed by atoms with Crippen LogP contribution >= 0.6 is 0 Å². The molecule has 1 fully saturated rings. The Morgan fingerprint density at radius 1 is 1.26 bits per heavy atom. The lowest BCUT2D eigenvalue weighted by Gasteiger charge is -2.27. The van der Waals surface area contributed by atoms with Crippen LogP contribution in [-0.2, 0) is 9.84 Å². The maximum atomic E-state index is 13.2. The topological polar surface area (TPSA) is 49.4 Å². The fourth-order valence-corrected chi connectivity index (χ4v) is 4.03. The van der Waals surface area contributed by atoms with Crippen molar-refractivity contribution in [3.63, 3.8) is 0 Å². The van der Waals surface area contributed by atoms with Crippen LogP contribution in [0, 0.1) is 5.82 Å². The highest BCUT2D eigenvalue weighted by Crippen LogP contribution is 2.34. The van der Waals surface area contributed by atoms with Gasteiger partial charge in [0.1, 0.15) is 5.82 Å².